The lowest BCUT2D eigenvalue weighted by Gasteiger charge is -2.18. The number of halogens is 1. The van der Waals surface area contributed by atoms with E-state index in [4.69, 9.17) is 16.7 Å². The number of amides is 1. The van der Waals surface area contributed by atoms with Crippen LogP contribution in [0.25, 0.3) is 0 Å². The summed E-state index contributed by atoms with van der Waals surface area (Å²) in [6, 6.07) is 13.0. The van der Waals surface area contributed by atoms with Gasteiger partial charge in [0.1, 0.15) is 0 Å². The first-order valence-electron chi connectivity index (χ1n) is 7.58. The van der Waals surface area contributed by atoms with Crippen LogP contribution in [-0.2, 0) is 17.6 Å². The van der Waals surface area contributed by atoms with Crippen LogP contribution in [-0.4, -0.2) is 40.1 Å². The molecule has 0 radical (unpaired) electrons. The Labute approximate surface area is 150 Å². The van der Waals surface area contributed by atoms with E-state index in [2.05, 4.69) is 5.32 Å². The number of benzene rings is 2. The molecule has 0 saturated carbocycles. The van der Waals surface area contributed by atoms with Gasteiger partial charge >= 0.3 is 13.1 Å². The maximum absolute atomic E-state index is 12.2. The van der Waals surface area contributed by atoms with Crippen LogP contribution in [0.4, 0.5) is 0 Å². The number of rotatable bonds is 7. The standard InChI is InChI=1S/C17H17BClNO5/c19-14-7-2-1-5-12(14)10-16(21)20-15(18(24)25)9-11-4-3-6-13(8-11)17(22)23/h1-8,15,24-25H,9-10H2,(H,20,21)(H,22,23). The van der Waals surface area contributed by atoms with Crippen molar-refractivity contribution in [1.29, 1.82) is 0 Å². The van der Waals surface area contributed by atoms with Crippen LogP contribution in [0.5, 0.6) is 0 Å². The van der Waals surface area contributed by atoms with Crippen molar-refractivity contribution in [2.24, 2.45) is 0 Å². The molecule has 6 nitrogen and oxygen atoms in total. The number of hydrogen-bond donors (Lipinski definition) is 4. The molecule has 2 rings (SSSR count). The largest absolute Gasteiger partial charge is 0.478 e. The molecule has 0 aliphatic rings. The van der Waals surface area contributed by atoms with Crippen LogP contribution in [0.15, 0.2) is 48.5 Å². The minimum atomic E-state index is -1.79. The number of hydrogen-bond acceptors (Lipinski definition) is 4. The van der Waals surface area contributed by atoms with E-state index in [9.17, 15) is 19.6 Å². The van der Waals surface area contributed by atoms with Gasteiger partial charge in [-0.3, -0.25) is 4.79 Å². The van der Waals surface area contributed by atoms with E-state index in [-0.39, 0.29) is 18.4 Å². The van der Waals surface area contributed by atoms with Gasteiger partial charge in [-0.1, -0.05) is 41.9 Å². The second kappa shape index (κ2) is 8.66. The van der Waals surface area contributed by atoms with E-state index in [1.165, 1.54) is 12.1 Å². The molecule has 1 unspecified atom stereocenters. The van der Waals surface area contributed by atoms with Gasteiger partial charge in [0.15, 0.2) is 0 Å². The van der Waals surface area contributed by atoms with Crippen molar-refractivity contribution >= 4 is 30.6 Å². The molecule has 8 heteroatoms. The Balaban J connectivity index is 2.05. The third kappa shape index (κ3) is 5.60. The molecule has 0 spiro atoms. The molecular weight excluding hydrogens is 344 g/mol. The molecule has 130 valence electrons. The lowest BCUT2D eigenvalue weighted by molar-refractivity contribution is -0.120. The predicted octanol–water partition coefficient (Wildman–Crippen LogP) is 1.32. The zero-order valence-electron chi connectivity index (χ0n) is 13.2. The fraction of sp³-hybridized carbons (Fsp3) is 0.176. The maximum Gasteiger partial charge on any atom is 0.475 e. The summed E-state index contributed by atoms with van der Waals surface area (Å²) in [5.41, 5.74) is 1.28. The minimum absolute atomic E-state index is 0.00193. The van der Waals surface area contributed by atoms with Gasteiger partial charge in [0, 0.05) is 5.02 Å². The fourth-order valence-corrected chi connectivity index (χ4v) is 2.59. The Morgan fingerprint density at radius 3 is 2.48 bits per heavy atom. The molecule has 25 heavy (non-hydrogen) atoms. The van der Waals surface area contributed by atoms with Gasteiger partial charge in [-0.05, 0) is 35.7 Å². The molecule has 1 amide bonds. The number of carbonyl (C=O) groups is 2. The Morgan fingerprint density at radius 2 is 1.84 bits per heavy atom. The minimum Gasteiger partial charge on any atom is -0.478 e. The van der Waals surface area contributed by atoms with Crippen molar-refractivity contribution in [1.82, 2.24) is 5.32 Å². The van der Waals surface area contributed by atoms with Crippen LogP contribution >= 0.6 is 11.6 Å². The fourth-order valence-electron chi connectivity index (χ4n) is 2.39. The average molecular weight is 362 g/mol. The number of carboxylic acids is 1. The van der Waals surface area contributed by atoms with E-state index in [1.807, 2.05) is 0 Å². The summed E-state index contributed by atoms with van der Waals surface area (Å²) in [5.74, 6) is -2.47. The van der Waals surface area contributed by atoms with Gasteiger partial charge < -0.3 is 20.5 Å². The number of aromatic carboxylic acids is 1. The van der Waals surface area contributed by atoms with E-state index < -0.39 is 24.9 Å². The first kappa shape index (κ1) is 19.0. The third-order valence-electron chi connectivity index (χ3n) is 3.64. The summed E-state index contributed by atoms with van der Waals surface area (Å²) in [7, 11) is -1.79. The summed E-state index contributed by atoms with van der Waals surface area (Å²) in [5, 5.41) is 31.0. The molecule has 0 saturated heterocycles. The van der Waals surface area contributed by atoms with E-state index in [0.717, 1.165) is 0 Å². The summed E-state index contributed by atoms with van der Waals surface area (Å²) in [6.07, 6.45) is 0.0745. The molecular formula is C17H17BClNO5. The average Bonchev–Trinajstić information content (AvgIpc) is 2.56. The maximum atomic E-state index is 12.2. The van der Waals surface area contributed by atoms with Crippen molar-refractivity contribution in [2.45, 2.75) is 18.8 Å². The van der Waals surface area contributed by atoms with Crippen LogP contribution < -0.4 is 5.32 Å². The van der Waals surface area contributed by atoms with Gasteiger partial charge in [-0.2, -0.15) is 0 Å². The Kier molecular flexibility index (Phi) is 6.58. The first-order valence-corrected chi connectivity index (χ1v) is 7.95. The van der Waals surface area contributed by atoms with Crippen LogP contribution in [0.1, 0.15) is 21.5 Å². The molecule has 0 aliphatic carbocycles. The third-order valence-corrected chi connectivity index (χ3v) is 4.01. The SMILES string of the molecule is O=C(Cc1ccccc1Cl)NC(Cc1cccc(C(=O)O)c1)B(O)O. The molecule has 0 aliphatic heterocycles. The second-order valence-corrected chi connectivity index (χ2v) is 5.97. The summed E-state index contributed by atoms with van der Waals surface area (Å²) in [4.78, 5) is 23.2. The highest BCUT2D eigenvalue weighted by Crippen LogP contribution is 2.15. The number of carbonyl (C=O) groups excluding carboxylic acids is 1. The quantitative estimate of drug-likeness (QED) is 0.557. The van der Waals surface area contributed by atoms with Crippen molar-refractivity contribution in [3.8, 4) is 0 Å². The second-order valence-electron chi connectivity index (χ2n) is 5.57. The Bertz CT molecular complexity index is 768. The van der Waals surface area contributed by atoms with Crippen molar-refractivity contribution < 1.29 is 24.7 Å². The van der Waals surface area contributed by atoms with E-state index in [1.54, 1.807) is 36.4 Å². The van der Waals surface area contributed by atoms with Crippen molar-refractivity contribution in [2.75, 3.05) is 0 Å². The van der Waals surface area contributed by atoms with Gasteiger partial charge in [0.05, 0.1) is 17.9 Å². The summed E-state index contributed by atoms with van der Waals surface area (Å²) < 4.78 is 0. The highest BCUT2D eigenvalue weighted by molar-refractivity contribution is 6.43. The summed E-state index contributed by atoms with van der Waals surface area (Å²) in [6.45, 7) is 0. The van der Waals surface area contributed by atoms with Crippen LogP contribution in [0.3, 0.4) is 0 Å². The number of carboxylic acid groups (broad SMARTS) is 1. The summed E-state index contributed by atoms with van der Waals surface area (Å²) >= 11 is 6.01. The molecule has 0 heterocycles. The monoisotopic (exact) mass is 361 g/mol. The zero-order valence-corrected chi connectivity index (χ0v) is 14.0. The molecule has 1 atom stereocenters. The first-order chi connectivity index (χ1) is 11.9. The Hall–Kier alpha value is -2.35. The molecule has 0 fully saturated rings. The zero-order chi connectivity index (χ0) is 18.4. The highest BCUT2D eigenvalue weighted by Gasteiger charge is 2.26. The van der Waals surface area contributed by atoms with E-state index >= 15 is 0 Å². The predicted molar refractivity (Wildman–Crippen MR) is 94.4 cm³/mol. The van der Waals surface area contributed by atoms with Crippen molar-refractivity contribution in [3.05, 3.63) is 70.2 Å². The van der Waals surface area contributed by atoms with E-state index in [0.29, 0.717) is 16.1 Å². The van der Waals surface area contributed by atoms with Crippen LogP contribution in [0.2, 0.25) is 5.02 Å². The van der Waals surface area contributed by atoms with Gasteiger partial charge in [0.2, 0.25) is 5.91 Å². The smallest absolute Gasteiger partial charge is 0.475 e. The van der Waals surface area contributed by atoms with Crippen LogP contribution in [0, 0.1) is 0 Å². The van der Waals surface area contributed by atoms with Gasteiger partial charge in [-0.15, -0.1) is 0 Å². The lowest BCUT2D eigenvalue weighted by atomic mass is 9.75. The normalized spacial score (nSPS) is 11.6. The molecule has 0 aromatic heterocycles. The molecule has 2 aromatic rings. The van der Waals surface area contributed by atoms with Crippen molar-refractivity contribution in [3.63, 3.8) is 0 Å². The molecule has 0 bridgehead atoms. The number of nitrogens with one attached hydrogen (secondary N) is 1. The topological polar surface area (TPSA) is 107 Å². The highest BCUT2D eigenvalue weighted by atomic mass is 35.5. The lowest BCUT2D eigenvalue weighted by Crippen LogP contribution is -2.48. The van der Waals surface area contributed by atoms with Gasteiger partial charge in [-0.25, -0.2) is 4.79 Å². The molecule has 4 N–H and O–H groups in total. The molecule has 2 aromatic carbocycles. The Morgan fingerprint density at radius 1 is 1.12 bits per heavy atom. The van der Waals surface area contributed by atoms with Gasteiger partial charge in [0.25, 0.3) is 0 Å².